The summed E-state index contributed by atoms with van der Waals surface area (Å²) in [4.78, 5) is 2.19. The molecule has 0 aliphatic heterocycles. The van der Waals surface area contributed by atoms with Crippen LogP contribution < -0.4 is 5.32 Å². The average molecular weight is 292 g/mol. The number of nitrogens with zero attached hydrogens (tertiary/aromatic N) is 1. The Kier molecular flexibility index (Phi) is 9.31. The summed E-state index contributed by atoms with van der Waals surface area (Å²) in [5, 5.41) is 3.50. The molecule has 120 valence electrons. The van der Waals surface area contributed by atoms with Crippen LogP contribution in [0.2, 0.25) is 0 Å². The number of hydrogen-bond donors (Lipinski definition) is 1. The van der Waals surface area contributed by atoms with Gasteiger partial charge in [-0.05, 0) is 63.6 Å². The third-order valence-corrected chi connectivity index (χ3v) is 3.39. The predicted octanol–water partition coefficient (Wildman–Crippen LogP) is 2.94. The molecular formula is C18H32N2O. The second kappa shape index (κ2) is 10.8. The molecule has 0 aliphatic carbocycles. The first-order chi connectivity index (χ1) is 10.1. The first-order valence-electron chi connectivity index (χ1n) is 8.09. The summed E-state index contributed by atoms with van der Waals surface area (Å²) in [5.41, 5.74) is 2.73. The summed E-state index contributed by atoms with van der Waals surface area (Å²) < 4.78 is 5.81. The van der Waals surface area contributed by atoms with Crippen molar-refractivity contribution in [2.75, 3.05) is 40.3 Å². The molecule has 0 fully saturated rings. The molecule has 0 heterocycles. The standard InChI is InChI=1S/C18H32N2O/c1-16(2)14-19-11-10-17-8-5-6-9-18(17)15-21-13-7-12-20(3)4/h5-6,8-9,16,19H,7,10-15H2,1-4H3. The van der Waals surface area contributed by atoms with Gasteiger partial charge in [-0.3, -0.25) is 0 Å². The zero-order chi connectivity index (χ0) is 15.5. The van der Waals surface area contributed by atoms with Crippen LogP contribution in [0.5, 0.6) is 0 Å². The van der Waals surface area contributed by atoms with Gasteiger partial charge < -0.3 is 15.0 Å². The number of rotatable bonds is 11. The molecule has 0 spiro atoms. The highest BCUT2D eigenvalue weighted by Crippen LogP contribution is 2.11. The van der Waals surface area contributed by atoms with E-state index in [1.54, 1.807) is 0 Å². The van der Waals surface area contributed by atoms with E-state index in [0.29, 0.717) is 5.92 Å². The van der Waals surface area contributed by atoms with Crippen molar-refractivity contribution in [2.24, 2.45) is 5.92 Å². The summed E-state index contributed by atoms with van der Waals surface area (Å²) in [6.07, 6.45) is 2.16. The summed E-state index contributed by atoms with van der Waals surface area (Å²) in [7, 11) is 4.19. The highest BCUT2D eigenvalue weighted by atomic mass is 16.5. The first-order valence-corrected chi connectivity index (χ1v) is 8.09. The average Bonchev–Trinajstić information content (AvgIpc) is 2.44. The number of hydrogen-bond acceptors (Lipinski definition) is 3. The van der Waals surface area contributed by atoms with Crippen molar-refractivity contribution >= 4 is 0 Å². The van der Waals surface area contributed by atoms with Crippen LogP contribution in [0, 0.1) is 5.92 Å². The molecule has 0 bridgehead atoms. The van der Waals surface area contributed by atoms with Gasteiger partial charge in [0.15, 0.2) is 0 Å². The minimum atomic E-state index is 0.709. The smallest absolute Gasteiger partial charge is 0.0719 e. The van der Waals surface area contributed by atoms with E-state index in [9.17, 15) is 0 Å². The number of ether oxygens (including phenoxy) is 1. The molecular weight excluding hydrogens is 260 g/mol. The van der Waals surface area contributed by atoms with Crippen molar-refractivity contribution in [1.82, 2.24) is 10.2 Å². The van der Waals surface area contributed by atoms with Crippen molar-refractivity contribution < 1.29 is 4.74 Å². The Morgan fingerprint density at radius 2 is 1.86 bits per heavy atom. The molecule has 1 aromatic carbocycles. The lowest BCUT2D eigenvalue weighted by atomic mass is 10.1. The highest BCUT2D eigenvalue weighted by molar-refractivity contribution is 5.26. The van der Waals surface area contributed by atoms with Crippen LogP contribution in [0.1, 0.15) is 31.4 Å². The van der Waals surface area contributed by atoms with Crippen LogP contribution in [0.15, 0.2) is 24.3 Å². The fourth-order valence-electron chi connectivity index (χ4n) is 2.22. The number of nitrogens with one attached hydrogen (secondary N) is 1. The van der Waals surface area contributed by atoms with Gasteiger partial charge in [0.05, 0.1) is 6.61 Å². The summed E-state index contributed by atoms with van der Waals surface area (Å²) in [6.45, 7) is 9.25. The monoisotopic (exact) mass is 292 g/mol. The van der Waals surface area contributed by atoms with Crippen LogP contribution in [0.25, 0.3) is 0 Å². The summed E-state index contributed by atoms with van der Waals surface area (Å²) in [5.74, 6) is 0.709. The normalized spacial score (nSPS) is 11.5. The zero-order valence-electron chi connectivity index (χ0n) is 14.2. The lowest BCUT2D eigenvalue weighted by Crippen LogP contribution is -2.22. The highest BCUT2D eigenvalue weighted by Gasteiger charge is 2.02. The molecule has 0 unspecified atom stereocenters. The first kappa shape index (κ1) is 18.1. The van der Waals surface area contributed by atoms with E-state index in [4.69, 9.17) is 4.74 Å². The Balaban J connectivity index is 2.30. The van der Waals surface area contributed by atoms with Crippen LogP contribution in [0.3, 0.4) is 0 Å². The third kappa shape index (κ3) is 8.86. The van der Waals surface area contributed by atoms with Gasteiger partial charge in [-0.1, -0.05) is 38.1 Å². The van der Waals surface area contributed by atoms with Crippen LogP contribution in [0.4, 0.5) is 0 Å². The van der Waals surface area contributed by atoms with Crippen LogP contribution in [-0.2, 0) is 17.8 Å². The minimum Gasteiger partial charge on any atom is -0.377 e. The van der Waals surface area contributed by atoms with Crippen molar-refractivity contribution in [3.05, 3.63) is 35.4 Å². The van der Waals surface area contributed by atoms with Crippen molar-refractivity contribution in [3.8, 4) is 0 Å². The minimum absolute atomic E-state index is 0.709. The van der Waals surface area contributed by atoms with Gasteiger partial charge in [-0.25, -0.2) is 0 Å². The molecule has 0 aromatic heterocycles. The van der Waals surface area contributed by atoms with Gasteiger partial charge in [0.2, 0.25) is 0 Å². The summed E-state index contributed by atoms with van der Waals surface area (Å²) in [6, 6.07) is 8.62. The van der Waals surface area contributed by atoms with E-state index in [-0.39, 0.29) is 0 Å². The van der Waals surface area contributed by atoms with Gasteiger partial charge in [-0.2, -0.15) is 0 Å². The fourth-order valence-corrected chi connectivity index (χ4v) is 2.22. The molecule has 0 radical (unpaired) electrons. The molecule has 1 aromatic rings. The molecule has 0 saturated carbocycles. The van der Waals surface area contributed by atoms with E-state index in [1.165, 1.54) is 11.1 Å². The molecule has 21 heavy (non-hydrogen) atoms. The van der Waals surface area contributed by atoms with E-state index < -0.39 is 0 Å². The van der Waals surface area contributed by atoms with E-state index in [2.05, 4.69) is 62.4 Å². The largest absolute Gasteiger partial charge is 0.377 e. The topological polar surface area (TPSA) is 24.5 Å². The molecule has 3 nitrogen and oxygen atoms in total. The van der Waals surface area contributed by atoms with Gasteiger partial charge in [0.1, 0.15) is 0 Å². The van der Waals surface area contributed by atoms with E-state index >= 15 is 0 Å². The third-order valence-electron chi connectivity index (χ3n) is 3.39. The van der Waals surface area contributed by atoms with Crippen LogP contribution in [-0.4, -0.2) is 45.2 Å². The van der Waals surface area contributed by atoms with Gasteiger partial charge in [-0.15, -0.1) is 0 Å². The Bertz CT molecular complexity index is 377. The van der Waals surface area contributed by atoms with Crippen molar-refractivity contribution in [2.45, 2.75) is 33.3 Å². The Morgan fingerprint density at radius 1 is 1.14 bits per heavy atom. The molecule has 0 saturated heterocycles. The Morgan fingerprint density at radius 3 is 2.52 bits per heavy atom. The molecule has 0 aliphatic rings. The van der Waals surface area contributed by atoms with Gasteiger partial charge in [0, 0.05) is 6.61 Å². The SMILES string of the molecule is CC(C)CNCCc1ccccc1COCCCN(C)C. The molecule has 1 rings (SSSR count). The maximum atomic E-state index is 5.81. The molecule has 0 amide bonds. The van der Waals surface area contributed by atoms with Gasteiger partial charge >= 0.3 is 0 Å². The van der Waals surface area contributed by atoms with E-state index in [0.717, 1.165) is 45.7 Å². The second-order valence-electron chi connectivity index (χ2n) is 6.33. The zero-order valence-corrected chi connectivity index (χ0v) is 14.2. The van der Waals surface area contributed by atoms with Crippen molar-refractivity contribution in [1.29, 1.82) is 0 Å². The lowest BCUT2D eigenvalue weighted by Gasteiger charge is -2.13. The molecule has 0 atom stereocenters. The molecule has 3 heteroatoms. The van der Waals surface area contributed by atoms with E-state index in [1.807, 2.05) is 0 Å². The van der Waals surface area contributed by atoms with Crippen molar-refractivity contribution in [3.63, 3.8) is 0 Å². The predicted molar refractivity (Wildman–Crippen MR) is 90.7 cm³/mol. The lowest BCUT2D eigenvalue weighted by molar-refractivity contribution is 0.112. The maximum absolute atomic E-state index is 5.81. The number of benzene rings is 1. The second-order valence-corrected chi connectivity index (χ2v) is 6.33. The molecule has 1 N–H and O–H groups in total. The quantitative estimate of drug-likeness (QED) is 0.635. The Hall–Kier alpha value is -0.900. The van der Waals surface area contributed by atoms with Crippen LogP contribution >= 0.6 is 0 Å². The fraction of sp³-hybridized carbons (Fsp3) is 0.667. The Labute approximate surface area is 130 Å². The maximum Gasteiger partial charge on any atom is 0.0719 e. The summed E-state index contributed by atoms with van der Waals surface area (Å²) >= 11 is 0. The van der Waals surface area contributed by atoms with Gasteiger partial charge in [0.25, 0.3) is 0 Å².